The number of hydrogen-bond donors (Lipinski definition) is 1. The highest BCUT2D eigenvalue weighted by Gasteiger charge is 2.21. The molecule has 0 radical (unpaired) electrons. The number of aryl methyl sites for hydroxylation is 1. The molecule has 7 heteroatoms. The SMILES string of the molecule is Cc1ccnc(NC(=O)CN(C)c2nnc(C(C)(C)C)s2)c1. The molecule has 0 unspecified atom stereocenters. The van der Waals surface area contributed by atoms with Gasteiger partial charge in [0.15, 0.2) is 0 Å². The highest BCUT2D eigenvalue weighted by Crippen LogP contribution is 2.29. The van der Waals surface area contributed by atoms with Crippen molar-refractivity contribution in [3.05, 3.63) is 28.9 Å². The molecule has 0 fully saturated rings. The molecule has 2 heterocycles. The Bertz CT molecular complexity index is 662. The van der Waals surface area contributed by atoms with Crippen LogP contribution in [0.3, 0.4) is 0 Å². The zero-order chi connectivity index (χ0) is 16.3. The van der Waals surface area contributed by atoms with Crippen molar-refractivity contribution >= 4 is 28.2 Å². The van der Waals surface area contributed by atoms with Crippen LogP contribution in [-0.2, 0) is 10.2 Å². The maximum Gasteiger partial charge on any atom is 0.245 e. The van der Waals surface area contributed by atoms with E-state index in [2.05, 4.69) is 41.3 Å². The van der Waals surface area contributed by atoms with E-state index in [1.54, 1.807) is 11.1 Å². The minimum atomic E-state index is -0.131. The number of aromatic nitrogens is 3. The van der Waals surface area contributed by atoms with Crippen molar-refractivity contribution in [3.8, 4) is 0 Å². The van der Waals surface area contributed by atoms with Crippen LogP contribution < -0.4 is 10.2 Å². The van der Waals surface area contributed by atoms with Crippen LogP contribution in [0, 0.1) is 6.92 Å². The van der Waals surface area contributed by atoms with Gasteiger partial charge in [-0.1, -0.05) is 32.1 Å². The molecule has 118 valence electrons. The summed E-state index contributed by atoms with van der Waals surface area (Å²) in [6, 6.07) is 3.72. The maximum atomic E-state index is 12.1. The fraction of sp³-hybridized carbons (Fsp3) is 0.467. The van der Waals surface area contributed by atoms with Crippen LogP contribution in [0.15, 0.2) is 18.3 Å². The van der Waals surface area contributed by atoms with Crippen molar-refractivity contribution < 1.29 is 4.79 Å². The first-order chi connectivity index (χ1) is 10.3. The van der Waals surface area contributed by atoms with Crippen molar-refractivity contribution in [1.82, 2.24) is 15.2 Å². The second kappa shape index (κ2) is 6.39. The Labute approximate surface area is 134 Å². The van der Waals surface area contributed by atoms with Crippen molar-refractivity contribution in [2.45, 2.75) is 33.1 Å². The van der Waals surface area contributed by atoms with Gasteiger partial charge in [0.1, 0.15) is 10.8 Å². The van der Waals surface area contributed by atoms with Crippen molar-refractivity contribution in [2.75, 3.05) is 23.8 Å². The Kier molecular flexibility index (Phi) is 4.75. The number of likely N-dealkylation sites (N-methyl/N-ethyl adjacent to an activating group) is 1. The number of rotatable bonds is 4. The molecule has 0 aliphatic rings. The maximum absolute atomic E-state index is 12.1. The highest BCUT2D eigenvalue weighted by molar-refractivity contribution is 7.15. The predicted octanol–water partition coefficient (Wildman–Crippen LogP) is 2.61. The lowest BCUT2D eigenvalue weighted by Gasteiger charge is -2.15. The lowest BCUT2D eigenvalue weighted by molar-refractivity contribution is -0.114. The molecule has 2 aromatic heterocycles. The molecule has 2 aromatic rings. The van der Waals surface area contributed by atoms with Crippen LogP contribution >= 0.6 is 11.3 Å². The van der Waals surface area contributed by atoms with Gasteiger partial charge in [-0.3, -0.25) is 4.79 Å². The normalized spacial score (nSPS) is 11.3. The predicted molar refractivity (Wildman–Crippen MR) is 89.5 cm³/mol. The standard InChI is InChI=1S/C15H21N5OS/c1-10-6-7-16-11(8-10)17-12(21)9-20(5)14-19-18-13(22-14)15(2,3)4/h6-8H,9H2,1-5H3,(H,16,17,21). The topological polar surface area (TPSA) is 71.0 Å². The fourth-order valence-corrected chi connectivity index (χ4v) is 2.61. The minimum absolute atomic E-state index is 0.0372. The number of nitrogens with zero attached hydrogens (tertiary/aromatic N) is 4. The third-order valence-electron chi connectivity index (χ3n) is 2.95. The zero-order valence-corrected chi connectivity index (χ0v) is 14.4. The van der Waals surface area contributed by atoms with Crippen LogP contribution in [0.4, 0.5) is 10.9 Å². The van der Waals surface area contributed by atoms with Crippen LogP contribution in [0.1, 0.15) is 31.3 Å². The van der Waals surface area contributed by atoms with E-state index in [-0.39, 0.29) is 17.9 Å². The molecular weight excluding hydrogens is 298 g/mol. The van der Waals surface area contributed by atoms with Crippen LogP contribution in [-0.4, -0.2) is 34.7 Å². The van der Waals surface area contributed by atoms with Gasteiger partial charge in [0.2, 0.25) is 11.0 Å². The summed E-state index contributed by atoms with van der Waals surface area (Å²) in [7, 11) is 1.83. The molecule has 0 saturated carbocycles. The van der Waals surface area contributed by atoms with Crippen LogP contribution in [0.5, 0.6) is 0 Å². The summed E-state index contributed by atoms with van der Waals surface area (Å²) in [4.78, 5) is 18.0. The highest BCUT2D eigenvalue weighted by atomic mass is 32.1. The van der Waals surface area contributed by atoms with E-state index in [0.717, 1.165) is 15.7 Å². The molecule has 1 amide bonds. The summed E-state index contributed by atoms with van der Waals surface area (Å²) in [5.74, 6) is 0.430. The fourth-order valence-electron chi connectivity index (χ4n) is 1.74. The quantitative estimate of drug-likeness (QED) is 0.938. The number of nitrogens with one attached hydrogen (secondary N) is 1. The summed E-state index contributed by atoms with van der Waals surface area (Å²) < 4.78 is 0. The molecule has 6 nitrogen and oxygen atoms in total. The smallest absolute Gasteiger partial charge is 0.245 e. The third kappa shape index (κ3) is 4.24. The number of pyridine rings is 1. The average molecular weight is 319 g/mol. The van der Waals surface area contributed by atoms with Gasteiger partial charge in [0, 0.05) is 18.7 Å². The third-order valence-corrected chi connectivity index (χ3v) is 4.41. The largest absolute Gasteiger partial charge is 0.340 e. The van der Waals surface area contributed by atoms with E-state index >= 15 is 0 Å². The number of carbonyl (C=O) groups excluding carboxylic acids is 1. The molecule has 0 aromatic carbocycles. The second-order valence-corrected chi connectivity index (χ2v) is 7.22. The van der Waals surface area contributed by atoms with Crippen LogP contribution in [0.25, 0.3) is 0 Å². The van der Waals surface area contributed by atoms with Gasteiger partial charge in [-0.15, -0.1) is 10.2 Å². The number of carbonyl (C=O) groups is 1. The molecule has 0 bridgehead atoms. The average Bonchev–Trinajstić information content (AvgIpc) is 2.87. The van der Waals surface area contributed by atoms with E-state index in [4.69, 9.17) is 0 Å². The Morgan fingerprint density at radius 2 is 2.09 bits per heavy atom. The number of amides is 1. The first-order valence-corrected chi connectivity index (χ1v) is 7.85. The molecule has 0 atom stereocenters. The summed E-state index contributed by atoms with van der Waals surface area (Å²) in [5, 5.41) is 12.8. The number of hydrogen-bond acceptors (Lipinski definition) is 6. The van der Waals surface area contributed by atoms with Gasteiger partial charge >= 0.3 is 0 Å². The lowest BCUT2D eigenvalue weighted by atomic mass is 9.98. The van der Waals surface area contributed by atoms with E-state index in [1.165, 1.54) is 11.3 Å². The monoisotopic (exact) mass is 319 g/mol. The molecule has 2 rings (SSSR count). The first-order valence-electron chi connectivity index (χ1n) is 7.03. The van der Waals surface area contributed by atoms with E-state index < -0.39 is 0 Å². The lowest BCUT2D eigenvalue weighted by Crippen LogP contribution is -2.30. The minimum Gasteiger partial charge on any atom is -0.340 e. The van der Waals surface area contributed by atoms with Gasteiger partial charge in [-0.05, 0) is 24.6 Å². The summed E-state index contributed by atoms with van der Waals surface area (Å²) in [6.07, 6.45) is 1.68. The number of anilines is 2. The molecule has 0 spiro atoms. The molecule has 0 saturated heterocycles. The Morgan fingerprint density at radius 1 is 1.36 bits per heavy atom. The molecule has 22 heavy (non-hydrogen) atoms. The molecular formula is C15H21N5OS. The van der Waals surface area contributed by atoms with Crippen LogP contribution in [0.2, 0.25) is 0 Å². The van der Waals surface area contributed by atoms with Gasteiger partial charge in [-0.25, -0.2) is 4.98 Å². The van der Waals surface area contributed by atoms with Crippen molar-refractivity contribution in [3.63, 3.8) is 0 Å². The molecule has 0 aliphatic heterocycles. The first kappa shape index (κ1) is 16.4. The van der Waals surface area contributed by atoms with Gasteiger partial charge in [0.05, 0.1) is 6.54 Å². The Balaban J connectivity index is 1.98. The Morgan fingerprint density at radius 3 is 2.68 bits per heavy atom. The van der Waals surface area contributed by atoms with Crippen molar-refractivity contribution in [1.29, 1.82) is 0 Å². The molecule has 0 aliphatic carbocycles. The zero-order valence-electron chi connectivity index (χ0n) is 13.5. The van der Waals surface area contributed by atoms with Crippen molar-refractivity contribution in [2.24, 2.45) is 0 Å². The summed E-state index contributed by atoms with van der Waals surface area (Å²) in [6.45, 7) is 8.43. The summed E-state index contributed by atoms with van der Waals surface area (Å²) in [5.41, 5.74) is 1.02. The van der Waals surface area contributed by atoms with E-state index in [1.807, 2.05) is 26.1 Å². The second-order valence-electron chi connectivity index (χ2n) is 6.26. The summed E-state index contributed by atoms with van der Waals surface area (Å²) >= 11 is 1.51. The Hall–Kier alpha value is -2.02. The molecule has 1 N–H and O–H groups in total. The van der Waals surface area contributed by atoms with Gasteiger partial charge < -0.3 is 10.2 Å². The van der Waals surface area contributed by atoms with Gasteiger partial charge in [0.25, 0.3) is 0 Å². The van der Waals surface area contributed by atoms with E-state index in [9.17, 15) is 4.79 Å². The van der Waals surface area contributed by atoms with E-state index in [0.29, 0.717) is 5.82 Å². The van der Waals surface area contributed by atoms with Gasteiger partial charge in [-0.2, -0.15) is 0 Å².